The summed E-state index contributed by atoms with van der Waals surface area (Å²) in [4.78, 5) is 0. The number of hydrogen-bond acceptors (Lipinski definition) is 3. The molecule has 117 valence electrons. The Hall–Kier alpha value is -1.55. The Morgan fingerprint density at radius 2 is 1.95 bits per heavy atom. The number of aliphatic hydroxyl groups is 1. The number of aliphatic hydroxyl groups excluding tert-OH is 1. The van der Waals surface area contributed by atoms with Crippen LogP contribution in [0.4, 0.5) is 0 Å². The van der Waals surface area contributed by atoms with Crippen LogP contribution in [0.15, 0.2) is 48.5 Å². The van der Waals surface area contributed by atoms with Gasteiger partial charge in [0.2, 0.25) is 0 Å². The Morgan fingerprint density at radius 1 is 1.23 bits per heavy atom. The van der Waals surface area contributed by atoms with Gasteiger partial charge in [-0.1, -0.05) is 35.9 Å². The van der Waals surface area contributed by atoms with Crippen LogP contribution in [0.3, 0.4) is 0 Å². The molecule has 2 aromatic rings. The molecule has 0 aliphatic heterocycles. The van der Waals surface area contributed by atoms with Crippen LogP contribution in [-0.2, 0) is 6.42 Å². The summed E-state index contributed by atoms with van der Waals surface area (Å²) in [6.07, 6.45) is 0.308. The molecule has 3 nitrogen and oxygen atoms in total. The first-order valence-electron chi connectivity index (χ1n) is 7.26. The van der Waals surface area contributed by atoms with Crippen molar-refractivity contribution in [2.75, 3.05) is 6.54 Å². The number of halogens is 1. The van der Waals surface area contributed by atoms with Crippen LogP contribution in [0.2, 0.25) is 5.02 Å². The van der Waals surface area contributed by atoms with Gasteiger partial charge in [0, 0.05) is 17.6 Å². The largest absolute Gasteiger partial charge is 0.490 e. The fraction of sp³-hybridized carbons (Fsp3) is 0.278. The van der Waals surface area contributed by atoms with E-state index in [1.54, 1.807) is 12.1 Å². The van der Waals surface area contributed by atoms with E-state index in [2.05, 4.69) is 19.4 Å². The van der Waals surface area contributed by atoms with E-state index >= 15 is 0 Å². The van der Waals surface area contributed by atoms with E-state index in [1.165, 1.54) is 5.56 Å². The molecule has 2 atom stereocenters. The molecule has 2 N–H and O–H groups in total. The van der Waals surface area contributed by atoms with Crippen LogP contribution in [0.25, 0.3) is 0 Å². The SMILES string of the molecule is [CH2]Oc1ccc(CC(C)NCC(O)c2cccc(Cl)c2)cc1. The Labute approximate surface area is 136 Å². The molecule has 0 aliphatic rings. The van der Waals surface area contributed by atoms with Gasteiger partial charge in [0.25, 0.3) is 0 Å². The topological polar surface area (TPSA) is 41.5 Å². The number of rotatable bonds is 7. The first kappa shape index (κ1) is 16.8. The van der Waals surface area contributed by atoms with Gasteiger partial charge in [-0.15, -0.1) is 0 Å². The van der Waals surface area contributed by atoms with E-state index in [1.807, 2.05) is 36.4 Å². The lowest BCUT2D eigenvalue weighted by Crippen LogP contribution is -2.32. The highest BCUT2D eigenvalue weighted by Crippen LogP contribution is 2.17. The summed E-state index contributed by atoms with van der Waals surface area (Å²) in [6.45, 7) is 2.58. The molecule has 2 unspecified atom stereocenters. The van der Waals surface area contributed by atoms with Crippen molar-refractivity contribution in [3.8, 4) is 5.75 Å². The zero-order chi connectivity index (χ0) is 15.9. The Balaban J connectivity index is 1.82. The molecule has 22 heavy (non-hydrogen) atoms. The van der Waals surface area contributed by atoms with Crippen LogP contribution in [0.1, 0.15) is 24.2 Å². The summed E-state index contributed by atoms with van der Waals surface area (Å²) in [7, 11) is 3.38. The predicted octanol–water partition coefficient (Wildman–Crippen LogP) is 3.76. The van der Waals surface area contributed by atoms with Crippen LogP contribution in [0, 0.1) is 7.11 Å². The molecule has 0 heterocycles. The molecule has 0 spiro atoms. The van der Waals surface area contributed by atoms with Crippen LogP contribution in [-0.4, -0.2) is 17.7 Å². The van der Waals surface area contributed by atoms with Gasteiger partial charge in [-0.05, 0) is 48.7 Å². The van der Waals surface area contributed by atoms with E-state index in [-0.39, 0.29) is 6.04 Å². The minimum absolute atomic E-state index is 0.250. The normalized spacial score (nSPS) is 13.6. The Kier molecular flexibility index (Phi) is 6.25. The number of ether oxygens (including phenoxy) is 1. The van der Waals surface area contributed by atoms with Crippen LogP contribution < -0.4 is 10.1 Å². The highest BCUT2D eigenvalue weighted by Gasteiger charge is 2.10. The quantitative estimate of drug-likeness (QED) is 0.816. The average molecular weight is 319 g/mol. The molecule has 0 aromatic heterocycles. The summed E-state index contributed by atoms with van der Waals surface area (Å²) in [5, 5.41) is 14.2. The molecule has 2 aromatic carbocycles. The molecule has 4 heteroatoms. The summed E-state index contributed by atoms with van der Waals surface area (Å²) < 4.78 is 4.90. The molecule has 0 bridgehead atoms. The standard InChI is InChI=1S/C18H21ClNO2/c1-13(10-14-6-8-17(22-2)9-7-14)20-12-18(21)15-4-3-5-16(19)11-15/h3-9,11,13,18,20-21H,2,10,12H2,1H3. The van der Waals surface area contributed by atoms with Gasteiger partial charge in [0.05, 0.1) is 6.10 Å². The third-order valence-corrected chi connectivity index (χ3v) is 3.76. The summed E-state index contributed by atoms with van der Waals surface area (Å²) in [6, 6.07) is 15.4. The van der Waals surface area contributed by atoms with Crippen molar-refractivity contribution in [2.24, 2.45) is 0 Å². The minimum atomic E-state index is -0.567. The monoisotopic (exact) mass is 318 g/mol. The van der Waals surface area contributed by atoms with Crippen molar-refractivity contribution in [3.63, 3.8) is 0 Å². The third kappa shape index (κ3) is 5.02. The Morgan fingerprint density at radius 3 is 2.59 bits per heavy atom. The molecular weight excluding hydrogens is 298 g/mol. The maximum Gasteiger partial charge on any atom is 0.122 e. The number of benzene rings is 2. The summed E-state index contributed by atoms with van der Waals surface area (Å²) in [5.74, 6) is 0.751. The van der Waals surface area contributed by atoms with Crippen molar-refractivity contribution < 1.29 is 9.84 Å². The average Bonchev–Trinajstić information content (AvgIpc) is 2.53. The van der Waals surface area contributed by atoms with Gasteiger partial charge in [0.1, 0.15) is 12.9 Å². The lowest BCUT2D eigenvalue weighted by Gasteiger charge is -2.18. The highest BCUT2D eigenvalue weighted by molar-refractivity contribution is 6.30. The van der Waals surface area contributed by atoms with Gasteiger partial charge in [-0.25, -0.2) is 0 Å². The van der Waals surface area contributed by atoms with E-state index in [0.29, 0.717) is 11.6 Å². The lowest BCUT2D eigenvalue weighted by molar-refractivity contribution is 0.170. The molecule has 0 saturated heterocycles. The van der Waals surface area contributed by atoms with Gasteiger partial charge >= 0.3 is 0 Å². The third-order valence-electron chi connectivity index (χ3n) is 3.53. The highest BCUT2D eigenvalue weighted by atomic mass is 35.5. The van der Waals surface area contributed by atoms with Gasteiger partial charge < -0.3 is 15.2 Å². The summed E-state index contributed by atoms with van der Waals surface area (Å²) in [5.41, 5.74) is 2.03. The zero-order valence-electron chi connectivity index (χ0n) is 12.6. The smallest absolute Gasteiger partial charge is 0.122 e. The van der Waals surface area contributed by atoms with E-state index in [4.69, 9.17) is 16.3 Å². The lowest BCUT2D eigenvalue weighted by atomic mass is 10.1. The van der Waals surface area contributed by atoms with Crippen LogP contribution in [0.5, 0.6) is 5.75 Å². The maximum absolute atomic E-state index is 10.2. The van der Waals surface area contributed by atoms with Crippen molar-refractivity contribution in [3.05, 3.63) is 71.8 Å². The second-order valence-electron chi connectivity index (χ2n) is 5.37. The molecule has 1 radical (unpaired) electrons. The Bertz CT molecular complexity index is 586. The molecule has 2 rings (SSSR count). The van der Waals surface area contributed by atoms with Crippen molar-refractivity contribution in [2.45, 2.75) is 25.5 Å². The van der Waals surface area contributed by atoms with E-state index in [0.717, 1.165) is 17.7 Å². The number of hydrogen-bond donors (Lipinski definition) is 2. The van der Waals surface area contributed by atoms with E-state index in [9.17, 15) is 5.11 Å². The number of nitrogens with one attached hydrogen (secondary N) is 1. The first-order chi connectivity index (χ1) is 10.6. The molecule has 0 amide bonds. The van der Waals surface area contributed by atoms with Gasteiger partial charge in [-0.3, -0.25) is 0 Å². The second kappa shape index (κ2) is 8.18. The predicted molar refractivity (Wildman–Crippen MR) is 90.0 cm³/mol. The van der Waals surface area contributed by atoms with Gasteiger partial charge in [0.15, 0.2) is 0 Å². The fourth-order valence-corrected chi connectivity index (χ4v) is 2.49. The molecular formula is C18H21ClNO2. The minimum Gasteiger partial charge on any atom is -0.490 e. The zero-order valence-corrected chi connectivity index (χ0v) is 13.4. The molecule has 0 fully saturated rings. The first-order valence-corrected chi connectivity index (χ1v) is 7.64. The second-order valence-corrected chi connectivity index (χ2v) is 5.81. The van der Waals surface area contributed by atoms with Crippen molar-refractivity contribution in [1.29, 1.82) is 0 Å². The summed E-state index contributed by atoms with van der Waals surface area (Å²) >= 11 is 5.94. The molecule has 0 aliphatic carbocycles. The van der Waals surface area contributed by atoms with Crippen molar-refractivity contribution in [1.82, 2.24) is 5.32 Å². The fourth-order valence-electron chi connectivity index (χ4n) is 2.29. The maximum atomic E-state index is 10.2. The van der Waals surface area contributed by atoms with E-state index < -0.39 is 6.10 Å². The molecule has 0 saturated carbocycles. The van der Waals surface area contributed by atoms with Crippen molar-refractivity contribution >= 4 is 11.6 Å². The van der Waals surface area contributed by atoms with Gasteiger partial charge in [-0.2, -0.15) is 0 Å². The van der Waals surface area contributed by atoms with Crippen LogP contribution >= 0.6 is 11.6 Å².